The van der Waals surface area contributed by atoms with Gasteiger partial charge in [-0.2, -0.15) is 0 Å². The molecule has 1 N–H and O–H groups in total. The van der Waals surface area contributed by atoms with Crippen molar-refractivity contribution in [3.05, 3.63) is 60.7 Å². The first-order valence-electron chi connectivity index (χ1n) is 8.14. The molecule has 7 heteroatoms. The summed E-state index contributed by atoms with van der Waals surface area (Å²) in [5, 5.41) is 9.75. The zero-order valence-electron chi connectivity index (χ0n) is 13.2. The molecule has 5 nitrogen and oxygen atoms in total. The summed E-state index contributed by atoms with van der Waals surface area (Å²) in [6.45, 7) is 0.267. The lowest BCUT2D eigenvalue weighted by Gasteiger charge is -2.44. The Balaban J connectivity index is 1.51. The minimum absolute atomic E-state index is 0.130. The summed E-state index contributed by atoms with van der Waals surface area (Å²) in [4.78, 5) is 0. The molecule has 2 saturated heterocycles. The van der Waals surface area contributed by atoms with Crippen LogP contribution in [0.5, 0.6) is 0 Å². The highest BCUT2D eigenvalue weighted by Crippen LogP contribution is 2.25. The van der Waals surface area contributed by atoms with Gasteiger partial charge in [-0.25, -0.2) is 0 Å². The van der Waals surface area contributed by atoms with Crippen molar-refractivity contribution in [2.75, 3.05) is 13.2 Å². The summed E-state index contributed by atoms with van der Waals surface area (Å²) in [6, 6.07) is 19.4. The lowest BCUT2D eigenvalue weighted by atomic mass is 9.74. The third-order valence-corrected chi connectivity index (χ3v) is 4.35. The fourth-order valence-corrected chi connectivity index (χ4v) is 3.12. The molecule has 122 valence electrons. The number of aliphatic hydroxyl groups excluding tert-OH is 1. The van der Waals surface area contributed by atoms with Crippen molar-refractivity contribution in [1.29, 1.82) is 0 Å². The third kappa shape index (κ3) is 3.14. The van der Waals surface area contributed by atoms with Gasteiger partial charge in [-0.05, 0) is 10.9 Å². The quantitative estimate of drug-likeness (QED) is 0.804. The summed E-state index contributed by atoms with van der Waals surface area (Å²) in [6.07, 6.45) is -1.10. The lowest BCUT2D eigenvalue weighted by Crippen LogP contribution is -2.64. The van der Waals surface area contributed by atoms with Gasteiger partial charge < -0.3 is 23.7 Å². The number of hydrogen-bond donors (Lipinski definition) is 1. The Morgan fingerprint density at radius 2 is 1.46 bits per heavy atom. The van der Waals surface area contributed by atoms with Gasteiger partial charge in [-0.3, -0.25) is 0 Å². The lowest BCUT2D eigenvalue weighted by molar-refractivity contribution is -0.133. The zero-order valence-corrected chi connectivity index (χ0v) is 13.2. The van der Waals surface area contributed by atoms with Crippen molar-refractivity contribution in [3.63, 3.8) is 0 Å². The van der Waals surface area contributed by atoms with Crippen LogP contribution in [-0.4, -0.2) is 50.9 Å². The van der Waals surface area contributed by atoms with E-state index in [0.29, 0.717) is 6.61 Å². The smallest absolute Gasteiger partial charge is 0.405 e. The van der Waals surface area contributed by atoms with E-state index in [2.05, 4.69) is 0 Å². The standard InChI is InChI=1S/C17H18B2O5/c20-11-15-17-16(23-19(22-15)14-9-5-2-6-10-14)12-21-18(24-17)13-7-3-1-4-8-13/h1-10,15-17,20H,11-12H2. The molecule has 3 atom stereocenters. The van der Waals surface area contributed by atoms with Gasteiger partial charge in [0, 0.05) is 0 Å². The van der Waals surface area contributed by atoms with E-state index in [1.54, 1.807) is 0 Å². The molecule has 0 aliphatic carbocycles. The van der Waals surface area contributed by atoms with Crippen LogP contribution < -0.4 is 10.9 Å². The zero-order chi connectivity index (χ0) is 16.4. The van der Waals surface area contributed by atoms with Crippen LogP contribution in [0.4, 0.5) is 0 Å². The molecule has 3 unspecified atom stereocenters. The fraction of sp³-hybridized carbons (Fsp3) is 0.294. The Morgan fingerprint density at radius 1 is 0.833 bits per heavy atom. The van der Waals surface area contributed by atoms with E-state index in [4.69, 9.17) is 18.6 Å². The van der Waals surface area contributed by atoms with Crippen molar-refractivity contribution < 1.29 is 23.7 Å². The molecule has 2 aromatic carbocycles. The predicted octanol–water partition coefficient (Wildman–Crippen LogP) is -0.0311. The maximum absolute atomic E-state index is 9.75. The Hall–Kier alpha value is -1.63. The van der Waals surface area contributed by atoms with Gasteiger partial charge in [0.25, 0.3) is 0 Å². The van der Waals surface area contributed by atoms with E-state index in [-0.39, 0.29) is 18.8 Å². The summed E-state index contributed by atoms with van der Waals surface area (Å²) < 4.78 is 23.8. The van der Waals surface area contributed by atoms with Gasteiger partial charge >= 0.3 is 14.2 Å². The molecule has 0 aromatic heterocycles. The SMILES string of the molecule is OCC1OB(c2ccccc2)OC2COB(c3ccccc3)OC12. The molecule has 2 aliphatic heterocycles. The fourth-order valence-electron chi connectivity index (χ4n) is 3.12. The van der Waals surface area contributed by atoms with E-state index >= 15 is 0 Å². The molecule has 2 heterocycles. The van der Waals surface area contributed by atoms with Gasteiger partial charge in [0.2, 0.25) is 0 Å². The van der Waals surface area contributed by atoms with Gasteiger partial charge in [-0.1, -0.05) is 60.7 Å². The van der Waals surface area contributed by atoms with Gasteiger partial charge in [0.1, 0.15) is 0 Å². The van der Waals surface area contributed by atoms with Gasteiger partial charge in [0.05, 0.1) is 31.5 Å². The van der Waals surface area contributed by atoms with E-state index < -0.39 is 20.3 Å². The minimum atomic E-state index is -0.523. The minimum Gasteiger partial charge on any atom is -0.405 e. The first kappa shape index (κ1) is 15.9. The Morgan fingerprint density at radius 3 is 2.08 bits per heavy atom. The summed E-state index contributed by atoms with van der Waals surface area (Å²) in [7, 11) is -0.993. The van der Waals surface area contributed by atoms with Crippen LogP contribution in [-0.2, 0) is 18.6 Å². The Bertz CT molecular complexity index is 649. The monoisotopic (exact) mass is 324 g/mol. The highest BCUT2D eigenvalue weighted by Gasteiger charge is 2.48. The molecular formula is C17H18B2O5. The van der Waals surface area contributed by atoms with E-state index in [1.807, 2.05) is 60.7 Å². The van der Waals surface area contributed by atoms with E-state index in [9.17, 15) is 5.11 Å². The Labute approximate surface area is 141 Å². The average molecular weight is 324 g/mol. The second kappa shape index (κ2) is 7.09. The normalized spacial score (nSPS) is 27.0. The molecule has 0 saturated carbocycles. The van der Waals surface area contributed by atoms with Crippen LogP contribution >= 0.6 is 0 Å². The first-order valence-corrected chi connectivity index (χ1v) is 8.14. The van der Waals surface area contributed by atoms with Crippen LogP contribution in [0.15, 0.2) is 60.7 Å². The first-order chi connectivity index (χ1) is 11.8. The van der Waals surface area contributed by atoms with E-state index in [1.165, 1.54) is 0 Å². The largest absolute Gasteiger partial charge is 0.494 e. The molecule has 0 spiro atoms. The molecule has 24 heavy (non-hydrogen) atoms. The molecule has 2 aromatic rings. The van der Waals surface area contributed by atoms with Crippen LogP contribution in [0.25, 0.3) is 0 Å². The molecule has 2 aliphatic rings. The third-order valence-electron chi connectivity index (χ3n) is 4.35. The highest BCUT2D eigenvalue weighted by molar-refractivity contribution is 6.62. The van der Waals surface area contributed by atoms with Crippen molar-refractivity contribution in [3.8, 4) is 0 Å². The van der Waals surface area contributed by atoms with Gasteiger partial charge in [0.15, 0.2) is 0 Å². The number of benzene rings is 2. The molecule has 2 fully saturated rings. The van der Waals surface area contributed by atoms with Gasteiger partial charge in [-0.15, -0.1) is 0 Å². The summed E-state index contributed by atoms with van der Waals surface area (Å²) in [5.74, 6) is 0. The average Bonchev–Trinajstić information content (AvgIpc) is 2.68. The summed E-state index contributed by atoms with van der Waals surface area (Å²) >= 11 is 0. The second-order valence-electron chi connectivity index (χ2n) is 5.95. The molecule has 0 bridgehead atoms. The molecule has 0 amide bonds. The molecule has 0 radical (unpaired) electrons. The van der Waals surface area contributed by atoms with E-state index in [0.717, 1.165) is 10.9 Å². The maximum atomic E-state index is 9.75. The number of aliphatic hydroxyl groups is 1. The van der Waals surface area contributed by atoms with Crippen molar-refractivity contribution in [2.24, 2.45) is 0 Å². The topological polar surface area (TPSA) is 57.2 Å². The number of hydrogen-bond acceptors (Lipinski definition) is 5. The van der Waals surface area contributed by atoms with Crippen molar-refractivity contribution in [1.82, 2.24) is 0 Å². The predicted molar refractivity (Wildman–Crippen MR) is 91.3 cm³/mol. The Kier molecular flexibility index (Phi) is 4.69. The summed E-state index contributed by atoms with van der Waals surface area (Å²) in [5.41, 5.74) is 1.86. The maximum Gasteiger partial charge on any atom is 0.494 e. The van der Waals surface area contributed by atoms with Crippen molar-refractivity contribution >= 4 is 25.2 Å². The van der Waals surface area contributed by atoms with Crippen LogP contribution in [0.3, 0.4) is 0 Å². The van der Waals surface area contributed by atoms with Crippen LogP contribution in [0.1, 0.15) is 0 Å². The molecular weight excluding hydrogens is 306 g/mol. The highest BCUT2D eigenvalue weighted by atomic mass is 16.7. The molecule has 4 rings (SSSR count). The number of fused-ring (bicyclic) bond motifs is 1. The second-order valence-corrected chi connectivity index (χ2v) is 5.95. The van der Waals surface area contributed by atoms with Crippen LogP contribution in [0.2, 0.25) is 0 Å². The van der Waals surface area contributed by atoms with Crippen LogP contribution in [0, 0.1) is 0 Å². The number of rotatable bonds is 3. The van der Waals surface area contributed by atoms with Crippen molar-refractivity contribution in [2.45, 2.75) is 18.3 Å².